The van der Waals surface area contributed by atoms with E-state index >= 15 is 0 Å². The fourth-order valence-electron chi connectivity index (χ4n) is 1.22. The van der Waals surface area contributed by atoms with Gasteiger partial charge in [0.15, 0.2) is 5.78 Å². The van der Waals surface area contributed by atoms with E-state index in [-0.39, 0.29) is 5.78 Å². The van der Waals surface area contributed by atoms with Crippen molar-refractivity contribution < 1.29 is 9.90 Å². The van der Waals surface area contributed by atoms with Crippen molar-refractivity contribution in [2.24, 2.45) is 5.92 Å². The molecule has 0 aliphatic carbocycles. The molecule has 1 aromatic rings. The Hall–Kier alpha value is -1.41. The van der Waals surface area contributed by atoms with Crippen LogP contribution < -0.4 is 0 Å². The van der Waals surface area contributed by atoms with Crippen LogP contribution >= 0.6 is 0 Å². The zero-order valence-electron chi connectivity index (χ0n) is 8.18. The first-order chi connectivity index (χ1) is 6.66. The molecule has 2 heteroatoms. The molecule has 0 spiro atoms. The number of carbonyl (C=O) groups excluding carboxylic acids is 1. The molecule has 0 amide bonds. The van der Waals surface area contributed by atoms with Crippen LogP contribution in [0, 0.1) is 5.92 Å². The number of aliphatic hydroxyl groups excluding tert-OH is 1. The predicted octanol–water partition coefficient (Wildman–Crippen LogP) is 2.05. The van der Waals surface area contributed by atoms with Gasteiger partial charge in [-0.25, -0.2) is 0 Å². The van der Waals surface area contributed by atoms with Crippen LogP contribution in [0.4, 0.5) is 0 Å². The lowest BCUT2D eigenvalue weighted by Gasteiger charge is -2.13. The van der Waals surface area contributed by atoms with Gasteiger partial charge in [-0.2, -0.15) is 0 Å². The molecule has 0 bridgehead atoms. The smallest absolute Gasteiger partial charge is 0.168 e. The first kappa shape index (κ1) is 10.7. The van der Waals surface area contributed by atoms with Crippen LogP contribution in [-0.4, -0.2) is 17.0 Å². The number of ketones is 1. The van der Waals surface area contributed by atoms with Gasteiger partial charge >= 0.3 is 0 Å². The van der Waals surface area contributed by atoms with Crippen LogP contribution in [-0.2, 0) is 0 Å². The van der Waals surface area contributed by atoms with Gasteiger partial charge in [0, 0.05) is 11.5 Å². The fraction of sp³-hybridized carbons (Fsp3) is 0.250. The maximum atomic E-state index is 11.7. The van der Waals surface area contributed by atoms with Crippen molar-refractivity contribution in [1.82, 2.24) is 0 Å². The molecule has 0 heterocycles. The van der Waals surface area contributed by atoms with E-state index in [9.17, 15) is 9.90 Å². The van der Waals surface area contributed by atoms with Gasteiger partial charge in [0.1, 0.15) is 0 Å². The van der Waals surface area contributed by atoms with Crippen molar-refractivity contribution in [3.8, 4) is 0 Å². The van der Waals surface area contributed by atoms with Gasteiger partial charge in [0.05, 0.1) is 6.10 Å². The summed E-state index contributed by atoms with van der Waals surface area (Å²) in [4.78, 5) is 11.7. The van der Waals surface area contributed by atoms with Crippen molar-refractivity contribution in [3.05, 3.63) is 48.6 Å². The van der Waals surface area contributed by atoms with Gasteiger partial charge in [-0.05, 0) is 0 Å². The van der Waals surface area contributed by atoms with Crippen LogP contribution in [0.5, 0.6) is 0 Å². The second-order valence-corrected chi connectivity index (χ2v) is 3.25. The first-order valence-corrected chi connectivity index (χ1v) is 4.56. The molecule has 1 aromatic carbocycles. The third-order valence-electron chi connectivity index (χ3n) is 2.23. The summed E-state index contributed by atoms with van der Waals surface area (Å²) in [7, 11) is 0. The maximum absolute atomic E-state index is 11.7. The number of carbonyl (C=O) groups is 1. The van der Waals surface area contributed by atoms with E-state index < -0.39 is 12.0 Å². The fourth-order valence-corrected chi connectivity index (χ4v) is 1.22. The Kier molecular flexibility index (Phi) is 3.60. The minimum absolute atomic E-state index is 0.0574. The predicted molar refractivity (Wildman–Crippen MR) is 56.1 cm³/mol. The van der Waals surface area contributed by atoms with E-state index in [0.29, 0.717) is 5.56 Å². The number of rotatable bonds is 4. The minimum Gasteiger partial charge on any atom is -0.388 e. The lowest BCUT2D eigenvalue weighted by Crippen LogP contribution is -2.23. The highest BCUT2D eigenvalue weighted by Gasteiger charge is 2.20. The van der Waals surface area contributed by atoms with E-state index in [0.717, 1.165) is 0 Å². The van der Waals surface area contributed by atoms with E-state index in [1.165, 1.54) is 6.08 Å². The largest absolute Gasteiger partial charge is 0.388 e. The summed E-state index contributed by atoms with van der Waals surface area (Å²) in [6, 6.07) is 8.95. The van der Waals surface area contributed by atoms with Crippen molar-refractivity contribution in [2.75, 3.05) is 0 Å². The summed E-state index contributed by atoms with van der Waals surface area (Å²) in [6.07, 6.45) is 0.605. The third-order valence-corrected chi connectivity index (χ3v) is 2.23. The molecule has 0 radical (unpaired) electrons. The quantitative estimate of drug-likeness (QED) is 0.582. The lowest BCUT2D eigenvalue weighted by atomic mass is 9.94. The van der Waals surface area contributed by atoms with Gasteiger partial charge in [-0.1, -0.05) is 43.3 Å². The van der Waals surface area contributed by atoms with Gasteiger partial charge in [-0.3, -0.25) is 4.79 Å². The highest BCUT2D eigenvalue weighted by atomic mass is 16.3. The van der Waals surface area contributed by atoms with Crippen LogP contribution in [0.25, 0.3) is 0 Å². The van der Waals surface area contributed by atoms with Crippen molar-refractivity contribution in [1.29, 1.82) is 0 Å². The SMILES string of the molecule is C=CC(O)C(C)C(=O)c1ccccc1. The number of Topliss-reactive ketones (excluding diaryl/α,β-unsaturated/α-hetero) is 1. The zero-order valence-corrected chi connectivity index (χ0v) is 8.18. The number of hydrogen-bond donors (Lipinski definition) is 1. The molecule has 1 N–H and O–H groups in total. The second kappa shape index (κ2) is 4.72. The highest BCUT2D eigenvalue weighted by molar-refractivity contribution is 5.98. The molecule has 0 aliphatic rings. The molecule has 1 rings (SSSR count). The van der Waals surface area contributed by atoms with E-state index in [4.69, 9.17) is 0 Å². The third kappa shape index (κ3) is 2.30. The molecule has 2 atom stereocenters. The van der Waals surface area contributed by atoms with Gasteiger partial charge in [-0.15, -0.1) is 6.58 Å². The summed E-state index contributed by atoms with van der Waals surface area (Å²) < 4.78 is 0. The summed E-state index contributed by atoms with van der Waals surface area (Å²) >= 11 is 0. The molecule has 0 fully saturated rings. The number of benzene rings is 1. The van der Waals surface area contributed by atoms with Crippen molar-refractivity contribution in [3.63, 3.8) is 0 Å². The van der Waals surface area contributed by atoms with Crippen LogP contribution in [0.3, 0.4) is 0 Å². The van der Waals surface area contributed by atoms with Gasteiger partial charge < -0.3 is 5.11 Å². The Bertz CT molecular complexity index is 316. The van der Waals surface area contributed by atoms with Crippen LogP contribution in [0.15, 0.2) is 43.0 Å². The Labute approximate surface area is 83.9 Å². The summed E-state index contributed by atoms with van der Waals surface area (Å²) in [5.41, 5.74) is 0.626. The standard InChI is InChI=1S/C12H14O2/c1-3-11(13)9(2)12(14)10-7-5-4-6-8-10/h3-9,11,13H,1H2,2H3. The minimum atomic E-state index is -0.775. The molecule has 0 aromatic heterocycles. The Morgan fingerprint density at radius 3 is 2.50 bits per heavy atom. The lowest BCUT2D eigenvalue weighted by molar-refractivity contribution is 0.0805. The normalized spacial score (nSPS) is 14.4. The highest BCUT2D eigenvalue weighted by Crippen LogP contribution is 2.12. The summed E-state index contributed by atoms with van der Waals surface area (Å²) in [6.45, 7) is 5.15. The van der Waals surface area contributed by atoms with E-state index in [1.807, 2.05) is 6.07 Å². The number of aliphatic hydroxyl groups is 1. The Morgan fingerprint density at radius 2 is 2.00 bits per heavy atom. The molecule has 0 saturated carbocycles. The summed E-state index contributed by atoms with van der Waals surface area (Å²) in [5, 5.41) is 9.42. The topological polar surface area (TPSA) is 37.3 Å². The summed E-state index contributed by atoms with van der Waals surface area (Å²) in [5.74, 6) is -0.493. The Morgan fingerprint density at radius 1 is 1.43 bits per heavy atom. The second-order valence-electron chi connectivity index (χ2n) is 3.25. The molecular weight excluding hydrogens is 176 g/mol. The average Bonchev–Trinajstić information content (AvgIpc) is 2.27. The van der Waals surface area contributed by atoms with Gasteiger partial charge in [0.25, 0.3) is 0 Å². The van der Waals surface area contributed by atoms with Crippen molar-refractivity contribution >= 4 is 5.78 Å². The monoisotopic (exact) mass is 190 g/mol. The Balaban J connectivity index is 2.81. The maximum Gasteiger partial charge on any atom is 0.168 e. The van der Waals surface area contributed by atoms with E-state index in [1.54, 1.807) is 31.2 Å². The number of hydrogen-bond acceptors (Lipinski definition) is 2. The van der Waals surface area contributed by atoms with Crippen molar-refractivity contribution in [2.45, 2.75) is 13.0 Å². The molecule has 2 nitrogen and oxygen atoms in total. The molecule has 0 saturated heterocycles. The van der Waals surface area contributed by atoms with Crippen LogP contribution in [0.2, 0.25) is 0 Å². The molecule has 74 valence electrons. The first-order valence-electron chi connectivity index (χ1n) is 4.56. The average molecular weight is 190 g/mol. The molecule has 14 heavy (non-hydrogen) atoms. The molecule has 0 aliphatic heterocycles. The van der Waals surface area contributed by atoms with Gasteiger partial charge in [0.2, 0.25) is 0 Å². The zero-order chi connectivity index (χ0) is 10.6. The molecule has 2 unspecified atom stereocenters. The van der Waals surface area contributed by atoms with Crippen LogP contribution in [0.1, 0.15) is 17.3 Å². The van der Waals surface area contributed by atoms with E-state index in [2.05, 4.69) is 6.58 Å². The molecular formula is C12H14O2.